The van der Waals surface area contributed by atoms with Crippen LogP contribution in [0.5, 0.6) is 0 Å². The zero-order valence-corrected chi connectivity index (χ0v) is 11.6. The smallest absolute Gasteiger partial charge is 0.228 e. The van der Waals surface area contributed by atoms with E-state index < -0.39 is 0 Å². The molecule has 0 bridgehead atoms. The number of benzene rings is 1. The molecule has 102 valence electrons. The lowest BCUT2D eigenvalue weighted by atomic mass is 10.0. The predicted octanol–water partition coefficient (Wildman–Crippen LogP) is 2.92. The highest BCUT2D eigenvalue weighted by Gasteiger charge is 2.14. The molecule has 0 radical (unpaired) electrons. The molecule has 0 fully saturated rings. The summed E-state index contributed by atoms with van der Waals surface area (Å²) in [6.45, 7) is 2.16. The Kier molecular flexibility index (Phi) is 5.10. The summed E-state index contributed by atoms with van der Waals surface area (Å²) in [5, 5.41) is 7.31. The molecule has 0 aliphatic rings. The van der Waals surface area contributed by atoms with Crippen molar-refractivity contribution in [2.75, 3.05) is 7.05 Å². The molecule has 0 saturated heterocycles. The minimum atomic E-state index is 0.209. The first kappa shape index (κ1) is 13.7. The molecule has 4 nitrogen and oxygen atoms in total. The van der Waals surface area contributed by atoms with Crippen LogP contribution < -0.4 is 5.32 Å². The Hall–Kier alpha value is -1.68. The molecule has 0 amide bonds. The highest BCUT2D eigenvalue weighted by Crippen LogP contribution is 2.17. The zero-order chi connectivity index (χ0) is 13.5. The van der Waals surface area contributed by atoms with E-state index in [9.17, 15) is 0 Å². The van der Waals surface area contributed by atoms with Crippen LogP contribution >= 0.6 is 0 Å². The number of nitrogens with zero attached hydrogens (tertiary/aromatic N) is 2. The Morgan fingerprint density at radius 1 is 1.26 bits per heavy atom. The van der Waals surface area contributed by atoms with Gasteiger partial charge in [0.05, 0.1) is 0 Å². The number of hydrogen-bond donors (Lipinski definition) is 1. The van der Waals surface area contributed by atoms with Crippen molar-refractivity contribution in [1.29, 1.82) is 0 Å². The van der Waals surface area contributed by atoms with Crippen molar-refractivity contribution >= 4 is 0 Å². The Morgan fingerprint density at radius 2 is 2.05 bits per heavy atom. The molecule has 1 atom stereocenters. The van der Waals surface area contributed by atoms with E-state index in [4.69, 9.17) is 4.52 Å². The fraction of sp³-hybridized carbons (Fsp3) is 0.467. The van der Waals surface area contributed by atoms with E-state index in [1.807, 2.05) is 25.2 Å². The van der Waals surface area contributed by atoms with Crippen LogP contribution in [0.25, 0.3) is 0 Å². The number of aromatic nitrogens is 2. The first-order chi connectivity index (χ1) is 9.33. The molecule has 1 N–H and O–H groups in total. The largest absolute Gasteiger partial charge is 0.339 e. The van der Waals surface area contributed by atoms with Crippen molar-refractivity contribution < 1.29 is 4.52 Å². The Balaban J connectivity index is 2.00. The average Bonchev–Trinajstić information content (AvgIpc) is 2.91. The van der Waals surface area contributed by atoms with Crippen molar-refractivity contribution in [3.8, 4) is 0 Å². The second kappa shape index (κ2) is 7.04. The normalized spacial score (nSPS) is 12.5. The molecule has 1 aromatic carbocycles. The summed E-state index contributed by atoms with van der Waals surface area (Å²) in [5.74, 6) is 1.52. The summed E-state index contributed by atoms with van der Waals surface area (Å²) in [6.07, 6.45) is 3.87. The molecule has 0 aliphatic carbocycles. The molecular formula is C15H21N3O. The van der Waals surface area contributed by atoms with Gasteiger partial charge in [-0.15, -0.1) is 0 Å². The van der Waals surface area contributed by atoms with Gasteiger partial charge in [-0.1, -0.05) is 48.8 Å². The quantitative estimate of drug-likeness (QED) is 0.830. The standard InChI is InChI=1S/C15H21N3O/c1-3-4-10-14-17-15(19-18-14)11-13(16-2)12-8-6-5-7-9-12/h5-9,13,16H,3-4,10-11H2,1-2H3. The third-order valence-electron chi connectivity index (χ3n) is 3.19. The SMILES string of the molecule is CCCCc1noc(CC(NC)c2ccccc2)n1. The number of hydrogen-bond acceptors (Lipinski definition) is 4. The zero-order valence-electron chi connectivity index (χ0n) is 11.6. The van der Waals surface area contributed by atoms with E-state index >= 15 is 0 Å². The third-order valence-corrected chi connectivity index (χ3v) is 3.19. The molecule has 4 heteroatoms. The third kappa shape index (κ3) is 3.89. The maximum absolute atomic E-state index is 5.31. The molecule has 2 rings (SSSR count). The van der Waals surface area contributed by atoms with Gasteiger partial charge < -0.3 is 9.84 Å². The van der Waals surface area contributed by atoms with Crippen LogP contribution in [0, 0.1) is 0 Å². The minimum Gasteiger partial charge on any atom is -0.339 e. The van der Waals surface area contributed by atoms with Gasteiger partial charge in [0.1, 0.15) is 0 Å². The maximum atomic E-state index is 5.31. The number of aryl methyl sites for hydroxylation is 1. The molecule has 0 saturated carbocycles. The summed E-state index contributed by atoms with van der Waals surface area (Å²) in [4.78, 5) is 4.44. The Morgan fingerprint density at radius 3 is 2.74 bits per heavy atom. The van der Waals surface area contributed by atoms with Gasteiger partial charge in [0, 0.05) is 18.9 Å². The summed E-state index contributed by atoms with van der Waals surface area (Å²) >= 11 is 0. The summed E-state index contributed by atoms with van der Waals surface area (Å²) in [6, 6.07) is 10.5. The van der Waals surface area contributed by atoms with E-state index in [-0.39, 0.29) is 6.04 Å². The van der Waals surface area contributed by atoms with Crippen molar-refractivity contribution in [2.45, 2.75) is 38.6 Å². The fourth-order valence-corrected chi connectivity index (χ4v) is 2.06. The lowest BCUT2D eigenvalue weighted by Gasteiger charge is -2.13. The van der Waals surface area contributed by atoms with Gasteiger partial charge in [0.25, 0.3) is 0 Å². The summed E-state index contributed by atoms with van der Waals surface area (Å²) < 4.78 is 5.31. The number of likely N-dealkylation sites (N-methyl/N-ethyl adjacent to an activating group) is 1. The van der Waals surface area contributed by atoms with Gasteiger partial charge in [-0.25, -0.2) is 0 Å². The van der Waals surface area contributed by atoms with Crippen LogP contribution in [0.2, 0.25) is 0 Å². The molecular weight excluding hydrogens is 238 g/mol. The van der Waals surface area contributed by atoms with Crippen molar-refractivity contribution in [2.24, 2.45) is 0 Å². The van der Waals surface area contributed by atoms with Crippen LogP contribution in [0.4, 0.5) is 0 Å². The van der Waals surface area contributed by atoms with Gasteiger partial charge in [-0.2, -0.15) is 4.98 Å². The molecule has 0 spiro atoms. The second-order valence-corrected chi connectivity index (χ2v) is 4.66. The van der Waals surface area contributed by atoms with Crippen LogP contribution in [0.1, 0.15) is 43.1 Å². The van der Waals surface area contributed by atoms with Crippen molar-refractivity contribution in [1.82, 2.24) is 15.5 Å². The van der Waals surface area contributed by atoms with Gasteiger partial charge in [-0.3, -0.25) is 0 Å². The van der Waals surface area contributed by atoms with Crippen LogP contribution in [0.15, 0.2) is 34.9 Å². The van der Waals surface area contributed by atoms with Crippen LogP contribution in [-0.2, 0) is 12.8 Å². The topological polar surface area (TPSA) is 51.0 Å². The highest BCUT2D eigenvalue weighted by atomic mass is 16.5. The lowest BCUT2D eigenvalue weighted by Crippen LogP contribution is -2.18. The molecule has 1 heterocycles. The average molecular weight is 259 g/mol. The Labute approximate surface area is 114 Å². The van der Waals surface area contributed by atoms with Gasteiger partial charge in [0.2, 0.25) is 5.89 Å². The van der Waals surface area contributed by atoms with Gasteiger partial charge >= 0.3 is 0 Å². The number of nitrogens with one attached hydrogen (secondary N) is 1. The van der Waals surface area contributed by atoms with Gasteiger partial charge in [-0.05, 0) is 19.0 Å². The summed E-state index contributed by atoms with van der Waals surface area (Å²) in [5.41, 5.74) is 1.23. The minimum absolute atomic E-state index is 0.209. The predicted molar refractivity (Wildman–Crippen MR) is 74.9 cm³/mol. The van der Waals surface area contributed by atoms with E-state index in [0.29, 0.717) is 5.89 Å². The highest BCUT2D eigenvalue weighted by molar-refractivity contribution is 5.19. The maximum Gasteiger partial charge on any atom is 0.228 e. The molecule has 1 aromatic heterocycles. The second-order valence-electron chi connectivity index (χ2n) is 4.66. The first-order valence-corrected chi connectivity index (χ1v) is 6.87. The van der Waals surface area contributed by atoms with E-state index in [1.54, 1.807) is 0 Å². The molecule has 0 aliphatic heterocycles. The molecule has 19 heavy (non-hydrogen) atoms. The van der Waals surface area contributed by atoms with Gasteiger partial charge in [0.15, 0.2) is 5.82 Å². The van der Waals surface area contributed by atoms with E-state index in [1.165, 1.54) is 5.56 Å². The van der Waals surface area contributed by atoms with Crippen molar-refractivity contribution in [3.05, 3.63) is 47.6 Å². The monoisotopic (exact) mass is 259 g/mol. The number of unbranched alkanes of at least 4 members (excludes halogenated alkanes) is 1. The molecule has 1 unspecified atom stereocenters. The van der Waals surface area contributed by atoms with Crippen LogP contribution in [0.3, 0.4) is 0 Å². The number of rotatable bonds is 7. The summed E-state index contributed by atoms with van der Waals surface area (Å²) in [7, 11) is 1.95. The Bertz CT molecular complexity index is 481. The molecule has 2 aromatic rings. The first-order valence-electron chi connectivity index (χ1n) is 6.87. The van der Waals surface area contributed by atoms with Crippen LogP contribution in [-0.4, -0.2) is 17.2 Å². The van der Waals surface area contributed by atoms with E-state index in [0.717, 1.165) is 31.5 Å². The lowest BCUT2D eigenvalue weighted by molar-refractivity contribution is 0.358. The van der Waals surface area contributed by atoms with E-state index in [2.05, 4.69) is 34.5 Å². The fourth-order valence-electron chi connectivity index (χ4n) is 2.06. The van der Waals surface area contributed by atoms with Crippen molar-refractivity contribution in [3.63, 3.8) is 0 Å².